The zero-order chi connectivity index (χ0) is 13.3. The van der Waals surface area contributed by atoms with Gasteiger partial charge in [0.15, 0.2) is 0 Å². The molecule has 2 aromatic rings. The summed E-state index contributed by atoms with van der Waals surface area (Å²) < 4.78 is 33.8. The van der Waals surface area contributed by atoms with Crippen LogP contribution in [-0.4, -0.2) is 13.0 Å². The van der Waals surface area contributed by atoms with Gasteiger partial charge in [-0.25, -0.2) is 8.42 Å². The van der Waals surface area contributed by atoms with Crippen LogP contribution in [0.1, 0.15) is 25.0 Å². The third-order valence-electron chi connectivity index (χ3n) is 3.14. The van der Waals surface area contributed by atoms with Gasteiger partial charge in [-0.1, -0.05) is 32.0 Å². The van der Waals surface area contributed by atoms with Crippen molar-refractivity contribution in [3.05, 3.63) is 41.5 Å². The van der Waals surface area contributed by atoms with Crippen LogP contribution in [0.3, 0.4) is 0 Å². The van der Waals surface area contributed by atoms with Gasteiger partial charge in [0.1, 0.15) is 10.1 Å². The second kappa shape index (κ2) is 6.80. The molecule has 0 aliphatic rings. The normalized spacial score (nSPS) is 11.3. The van der Waals surface area contributed by atoms with Crippen LogP contribution < -0.4 is 51.4 Å². The molecule has 0 N–H and O–H groups in total. The van der Waals surface area contributed by atoms with E-state index in [1.165, 1.54) is 6.07 Å². The van der Waals surface area contributed by atoms with Crippen LogP contribution in [0.4, 0.5) is 0 Å². The Balaban J connectivity index is 0.00000180. The van der Waals surface area contributed by atoms with Crippen LogP contribution in [0, 0.1) is 0 Å². The minimum Gasteiger partial charge on any atom is -0.744 e. The van der Waals surface area contributed by atoms with E-state index >= 15 is 0 Å². The molecule has 0 heterocycles. The number of hydrogen-bond acceptors (Lipinski definition) is 3. The second-order valence-electron chi connectivity index (χ2n) is 4.30. The number of fused-ring (bicyclic) bond motifs is 1. The van der Waals surface area contributed by atoms with E-state index in [9.17, 15) is 13.0 Å². The van der Waals surface area contributed by atoms with E-state index in [0.29, 0.717) is 12.0 Å². The van der Waals surface area contributed by atoms with E-state index < -0.39 is 10.1 Å². The summed E-state index contributed by atoms with van der Waals surface area (Å²) in [5, 5.41) is 1.78. The average Bonchev–Trinajstić information content (AvgIpc) is 2.35. The minimum atomic E-state index is -4.41. The maximum Gasteiger partial charge on any atom is 1.00 e. The van der Waals surface area contributed by atoms with E-state index in [2.05, 4.69) is 0 Å². The molecule has 0 aliphatic heterocycles. The molecule has 0 spiro atoms. The molecule has 0 saturated heterocycles. The maximum absolute atomic E-state index is 11.3. The molecule has 0 amide bonds. The van der Waals surface area contributed by atoms with Gasteiger partial charge in [0, 0.05) is 0 Å². The van der Waals surface area contributed by atoms with Crippen molar-refractivity contribution in [2.75, 3.05) is 0 Å². The van der Waals surface area contributed by atoms with E-state index in [1.807, 2.05) is 32.0 Å². The molecule has 0 fully saturated rings. The van der Waals surface area contributed by atoms with Crippen molar-refractivity contribution >= 4 is 20.9 Å². The molecule has 0 bridgehead atoms. The molecule has 0 unspecified atom stereocenters. The van der Waals surface area contributed by atoms with Crippen molar-refractivity contribution < 1.29 is 64.4 Å². The molecule has 5 heteroatoms. The summed E-state index contributed by atoms with van der Waals surface area (Å²) in [5.41, 5.74) is 1.71. The zero-order valence-corrected chi connectivity index (χ0v) is 15.4. The van der Waals surface area contributed by atoms with E-state index in [1.54, 1.807) is 6.07 Å². The smallest absolute Gasteiger partial charge is 0.744 e. The Kier molecular flexibility index (Phi) is 6.19. The van der Waals surface area contributed by atoms with Crippen LogP contribution in [0.25, 0.3) is 10.8 Å². The Morgan fingerprint density at radius 3 is 2.21 bits per heavy atom. The fourth-order valence-electron chi connectivity index (χ4n) is 2.10. The van der Waals surface area contributed by atoms with Crippen LogP contribution in [-0.2, 0) is 23.0 Å². The van der Waals surface area contributed by atoms with Gasteiger partial charge in [0.25, 0.3) is 0 Å². The number of hydrogen-bond donors (Lipinski definition) is 0. The van der Waals surface area contributed by atoms with Gasteiger partial charge in [-0.3, -0.25) is 0 Å². The first-order valence-corrected chi connectivity index (χ1v) is 7.38. The molecule has 0 aliphatic carbocycles. The molecule has 0 radical (unpaired) electrons. The standard InChI is InChI=1S/C14H16O3S.K/c1-3-10-5-6-12-8-11(4-2)14(18(15,16)17)9-13(12)7-10;/h5-9H,3-4H2,1-2H3,(H,15,16,17);/q;+1/p-1. The summed E-state index contributed by atoms with van der Waals surface area (Å²) in [7, 11) is -4.41. The quantitative estimate of drug-likeness (QED) is 0.586. The summed E-state index contributed by atoms with van der Waals surface area (Å²) in [6, 6.07) is 9.21. The van der Waals surface area contributed by atoms with Crippen LogP contribution >= 0.6 is 0 Å². The molecule has 0 saturated carbocycles. The Morgan fingerprint density at radius 1 is 1.00 bits per heavy atom. The van der Waals surface area contributed by atoms with Crippen molar-refractivity contribution in [2.45, 2.75) is 31.6 Å². The monoisotopic (exact) mass is 302 g/mol. The first-order valence-electron chi connectivity index (χ1n) is 5.97. The Bertz CT molecular complexity index is 693. The van der Waals surface area contributed by atoms with Gasteiger partial charge < -0.3 is 4.55 Å². The topological polar surface area (TPSA) is 57.2 Å². The number of rotatable bonds is 3. The van der Waals surface area contributed by atoms with Crippen molar-refractivity contribution in [3.63, 3.8) is 0 Å². The minimum absolute atomic E-state index is 0. The van der Waals surface area contributed by atoms with Crippen LogP contribution in [0.2, 0.25) is 0 Å². The first-order chi connectivity index (χ1) is 8.45. The second-order valence-corrected chi connectivity index (χ2v) is 5.65. The molecular weight excluding hydrogens is 287 g/mol. The van der Waals surface area contributed by atoms with Gasteiger partial charge in [-0.2, -0.15) is 0 Å². The fourth-order valence-corrected chi connectivity index (χ4v) is 2.90. The van der Waals surface area contributed by atoms with E-state index in [0.717, 1.165) is 22.8 Å². The zero-order valence-electron chi connectivity index (χ0n) is 11.4. The van der Waals surface area contributed by atoms with Gasteiger partial charge >= 0.3 is 51.4 Å². The van der Waals surface area contributed by atoms with Gasteiger partial charge in [0.2, 0.25) is 0 Å². The molecule has 2 rings (SSSR count). The van der Waals surface area contributed by atoms with Gasteiger partial charge in [-0.05, 0) is 46.9 Å². The van der Waals surface area contributed by atoms with E-state index in [4.69, 9.17) is 0 Å². The SMILES string of the molecule is CCc1ccc2cc(CC)c(S(=O)(=O)[O-])cc2c1.[K+]. The number of aryl methyl sites for hydroxylation is 2. The Morgan fingerprint density at radius 2 is 1.68 bits per heavy atom. The first kappa shape index (κ1) is 17.3. The van der Waals surface area contributed by atoms with Crippen LogP contribution in [0.15, 0.2) is 35.2 Å². The molecular formula is C14H15KO3S. The summed E-state index contributed by atoms with van der Waals surface area (Å²) >= 11 is 0. The average molecular weight is 302 g/mol. The third kappa shape index (κ3) is 3.88. The predicted octanol–water partition coefficient (Wildman–Crippen LogP) is -0.127. The Hall–Kier alpha value is 0.246. The maximum atomic E-state index is 11.3. The van der Waals surface area contributed by atoms with Crippen LogP contribution in [0.5, 0.6) is 0 Å². The van der Waals surface area contributed by atoms with Gasteiger partial charge in [-0.15, -0.1) is 0 Å². The molecule has 96 valence electrons. The summed E-state index contributed by atoms with van der Waals surface area (Å²) in [5.74, 6) is 0. The van der Waals surface area contributed by atoms with Crippen molar-refractivity contribution in [2.24, 2.45) is 0 Å². The predicted molar refractivity (Wildman–Crippen MR) is 70.7 cm³/mol. The van der Waals surface area contributed by atoms with Crippen molar-refractivity contribution in [1.29, 1.82) is 0 Å². The fraction of sp³-hybridized carbons (Fsp3) is 0.286. The largest absolute Gasteiger partial charge is 1.00 e. The summed E-state index contributed by atoms with van der Waals surface area (Å²) in [6.45, 7) is 3.88. The molecule has 0 atom stereocenters. The molecule has 19 heavy (non-hydrogen) atoms. The summed E-state index contributed by atoms with van der Waals surface area (Å²) in [4.78, 5) is -0.0919. The third-order valence-corrected chi connectivity index (χ3v) is 4.06. The van der Waals surface area contributed by atoms with Crippen molar-refractivity contribution in [3.8, 4) is 0 Å². The Labute approximate surface area is 156 Å². The summed E-state index contributed by atoms with van der Waals surface area (Å²) in [6.07, 6.45) is 1.41. The molecule has 3 nitrogen and oxygen atoms in total. The number of benzene rings is 2. The molecule has 0 aromatic heterocycles. The van der Waals surface area contributed by atoms with Crippen molar-refractivity contribution in [1.82, 2.24) is 0 Å². The van der Waals surface area contributed by atoms with Gasteiger partial charge in [0.05, 0.1) is 4.90 Å². The van der Waals surface area contributed by atoms with E-state index in [-0.39, 0.29) is 56.3 Å². The molecule has 2 aromatic carbocycles.